The molecule has 1 fully saturated rings. The average Bonchev–Trinajstić information content (AvgIpc) is 2.43. The summed E-state index contributed by atoms with van der Waals surface area (Å²) < 4.78 is 18.9. The first kappa shape index (κ1) is 14.0. The molecule has 0 spiro atoms. The van der Waals surface area contributed by atoms with E-state index in [0.29, 0.717) is 6.54 Å². The van der Waals surface area contributed by atoms with E-state index in [1.165, 1.54) is 18.6 Å². The van der Waals surface area contributed by atoms with Gasteiger partial charge >= 0.3 is 0 Å². The predicted octanol–water partition coefficient (Wildman–Crippen LogP) is 1.92. The van der Waals surface area contributed by atoms with Crippen molar-refractivity contribution in [3.8, 4) is 0 Å². The first-order valence-electron chi connectivity index (χ1n) is 6.62. The average molecular weight is 266 g/mol. The van der Waals surface area contributed by atoms with E-state index in [0.717, 1.165) is 19.4 Å². The van der Waals surface area contributed by atoms with Gasteiger partial charge in [0.25, 0.3) is 0 Å². The molecule has 2 rings (SSSR count). The molecule has 0 saturated carbocycles. The fraction of sp³-hybridized carbons (Fsp3) is 0.500. The Morgan fingerprint density at radius 3 is 2.95 bits per heavy atom. The Hall–Kier alpha value is -1.46. The van der Waals surface area contributed by atoms with Crippen LogP contribution in [-0.4, -0.2) is 31.7 Å². The predicted molar refractivity (Wildman–Crippen MR) is 71.5 cm³/mol. The van der Waals surface area contributed by atoms with E-state index in [1.54, 1.807) is 12.1 Å². The molecule has 1 aromatic rings. The van der Waals surface area contributed by atoms with Gasteiger partial charge in [0.05, 0.1) is 18.3 Å². The van der Waals surface area contributed by atoms with Gasteiger partial charge in [-0.2, -0.15) is 0 Å². The highest BCUT2D eigenvalue weighted by atomic mass is 19.1. The standard InChI is InChI=1S/C14H19FN2O2/c15-12-6-1-2-7-13(12)17-14(18)10-16-9-11-5-3-4-8-19-11/h1-2,6-7,11,16H,3-5,8-10H2,(H,17,18). The van der Waals surface area contributed by atoms with Gasteiger partial charge in [0.2, 0.25) is 5.91 Å². The Kier molecular flexibility index (Phi) is 5.30. The second kappa shape index (κ2) is 7.21. The zero-order valence-electron chi connectivity index (χ0n) is 10.8. The zero-order chi connectivity index (χ0) is 13.5. The molecular formula is C14H19FN2O2. The van der Waals surface area contributed by atoms with Crippen molar-refractivity contribution in [1.82, 2.24) is 5.32 Å². The molecule has 0 radical (unpaired) electrons. The Labute approximate surface area is 112 Å². The maximum atomic E-state index is 13.3. The summed E-state index contributed by atoms with van der Waals surface area (Å²) in [7, 11) is 0. The summed E-state index contributed by atoms with van der Waals surface area (Å²) in [4.78, 5) is 11.6. The van der Waals surface area contributed by atoms with Crippen molar-refractivity contribution in [2.24, 2.45) is 0 Å². The minimum absolute atomic E-state index is 0.161. The van der Waals surface area contributed by atoms with E-state index in [2.05, 4.69) is 10.6 Å². The van der Waals surface area contributed by atoms with E-state index in [1.807, 2.05) is 0 Å². The summed E-state index contributed by atoms with van der Waals surface area (Å²) in [6.45, 7) is 1.62. The maximum Gasteiger partial charge on any atom is 0.238 e. The highest BCUT2D eigenvalue weighted by Crippen LogP contribution is 2.12. The van der Waals surface area contributed by atoms with Gasteiger partial charge < -0.3 is 15.4 Å². The number of halogens is 1. The number of anilines is 1. The molecule has 1 atom stereocenters. The lowest BCUT2D eigenvalue weighted by Crippen LogP contribution is -2.36. The molecule has 5 heteroatoms. The van der Waals surface area contributed by atoms with E-state index >= 15 is 0 Å². The molecule has 1 aromatic carbocycles. The van der Waals surface area contributed by atoms with Crippen LogP contribution >= 0.6 is 0 Å². The molecule has 1 amide bonds. The van der Waals surface area contributed by atoms with Gasteiger partial charge in [0.15, 0.2) is 0 Å². The number of nitrogens with one attached hydrogen (secondary N) is 2. The minimum atomic E-state index is -0.425. The normalized spacial score (nSPS) is 19.1. The quantitative estimate of drug-likeness (QED) is 0.856. The van der Waals surface area contributed by atoms with Gasteiger partial charge in [-0.1, -0.05) is 12.1 Å². The SMILES string of the molecule is O=C(CNCC1CCCCO1)Nc1ccccc1F. The fourth-order valence-electron chi connectivity index (χ4n) is 2.07. The van der Waals surface area contributed by atoms with Crippen molar-refractivity contribution in [1.29, 1.82) is 0 Å². The maximum absolute atomic E-state index is 13.3. The molecule has 1 aliphatic heterocycles. The number of hydrogen-bond acceptors (Lipinski definition) is 3. The number of carbonyl (C=O) groups excluding carboxylic acids is 1. The fourth-order valence-corrected chi connectivity index (χ4v) is 2.07. The molecule has 0 aromatic heterocycles. The lowest BCUT2D eigenvalue weighted by atomic mass is 10.1. The smallest absolute Gasteiger partial charge is 0.238 e. The van der Waals surface area contributed by atoms with Crippen LogP contribution in [0.3, 0.4) is 0 Å². The first-order chi connectivity index (χ1) is 9.25. The summed E-state index contributed by atoms with van der Waals surface area (Å²) in [5.74, 6) is -0.674. The molecule has 1 unspecified atom stereocenters. The molecule has 104 valence electrons. The molecule has 4 nitrogen and oxygen atoms in total. The summed E-state index contributed by atoms with van der Waals surface area (Å²) in [6.07, 6.45) is 3.51. The van der Waals surface area contributed by atoms with E-state index in [9.17, 15) is 9.18 Å². The van der Waals surface area contributed by atoms with Crippen LogP contribution in [0.5, 0.6) is 0 Å². The van der Waals surface area contributed by atoms with E-state index in [4.69, 9.17) is 4.74 Å². The highest BCUT2D eigenvalue weighted by molar-refractivity contribution is 5.92. The molecule has 0 aliphatic carbocycles. The van der Waals surface area contributed by atoms with Crippen molar-refractivity contribution in [3.05, 3.63) is 30.1 Å². The largest absolute Gasteiger partial charge is 0.377 e. The molecular weight excluding hydrogens is 247 g/mol. The van der Waals surface area contributed by atoms with Crippen molar-refractivity contribution in [2.45, 2.75) is 25.4 Å². The van der Waals surface area contributed by atoms with Crippen molar-refractivity contribution < 1.29 is 13.9 Å². The number of para-hydroxylation sites is 1. The number of hydrogen-bond donors (Lipinski definition) is 2. The van der Waals surface area contributed by atoms with Crippen LogP contribution in [0, 0.1) is 5.82 Å². The summed E-state index contributed by atoms with van der Waals surface area (Å²) in [5, 5.41) is 5.57. The molecule has 2 N–H and O–H groups in total. The third-order valence-electron chi connectivity index (χ3n) is 3.08. The van der Waals surface area contributed by atoms with E-state index < -0.39 is 5.82 Å². The van der Waals surface area contributed by atoms with Crippen molar-refractivity contribution in [2.75, 3.05) is 25.0 Å². The zero-order valence-corrected chi connectivity index (χ0v) is 10.8. The van der Waals surface area contributed by atoms with Crippen LogP contribution in [-0.2, 0) is 9.53 Å². The third-order valence-corrected chi connectivity index (χ3v) is 3.08. The lowest BCUT2D eigenvalue weighted by molar-refractivity contribution is -0.115. The second-order valence-electron chi connectivity index (χ2n) is 4.65. The van der Waals surface area contributed by atoms with Crippen molar-refractivity contribution in [3.63, 3.8) is 0 Å². The first-order valence-corrected chi connectivity index (χ1v) is 6.62. The van der Waals surface area contributed by atoms with Crippen LogP contribution in [0.1, 0.15) is 19.3 Å². The summed E-state index contributed by atoms with van der Waals surface area (Å²) in [5.41, 5.74) is 0.211. The Morgan fingerprint density at radius 1 is 1.37 bits per heavy atom. The number of amides is 1. The number of carbonyl (C=O) groups is 1. The number of rotatable bonds is 5. The van der Waals surface area contributed by atoms with E-state index in [-0.39, 0.29) is 24.2 Å². The Bertz CT molecular complexity index is 420. The molecule has 19 heavy (non-hydrogen) atoms. The topological polar surface area (TPSA) is 50.4 Å². The molecule has 1 saturated heterocycles. The van der Waals surface area contributed by atoms with Gasteiger partial charge in [-0.05, 0) is 31.4 Å². The monoisotopic (exact) mass is 266 g/mol. The molecule has 1 aliphatic rings. The van der Waals surface area contributed by atoms with Crippen LogP contribution in [0.4, 0.5) is 10.1 Å². The number of ether oxygens (including phenoxy) is 1. The number of benzene rings is 1. The van der Waals surface area contributed by atoms with Gasteiger partial charge in [0.1, 0.15) is 5.82 Å². The van der Waals surface area contributed by atoms with Crippen LogP contribution < -0.4 is 10.6 Å². The molecule has 1 heterocycles. The van der Waals surface area contributed by atoms with Crippen LogP contribution in [0.2, 0.25) is 0 Å². The third kappa shape index (κ3) is 4.61. The van der Waals surface area contributed by atoms with Crippen LogP contribution in [0.15, 0.2) is 24.3 Å². The van der Waals surface area contributed by atoms with Gasteiger partial charge in [-0.15, -0.1) is 0 Å². The van der Waals surface area contributed by atoms with Gasteiger partial charge in [-0.25, -0.2) is 4.39 Å². The summed E-state index contributed by atoms with van der Waals surface area (Å²) in [6, 6.07) is 6.13. The lowest BCUT2D eigenvalue weighted by Gasteiger charge is -2.22. The Balaban J connectivity index is 1.68. The second-order valence-corrected chi connectivity index (χ2v) is 4.65. The highest BCUT2D eigenvalue weighted by Gasteiger charge is 2.13. The minimum Gasteiger partial charge on any atom is -0.377 e. The summed E-state index contributed by atoms with van der Waals surface area (Å²) >= 11 is 0. The van der Waals surface area contributed by atoms with Crippen molar-refractivity contribution >= 4 is 11.6 Å². The van der Waals surface area contributed by atoms with Gasteiger partial charge in [-0.3, -0.25) is 4.79 Å². The van der Waals surface area contributed by atoms with Crippen LogP contribution in [0.25, 0.3) is 0 Å². The Morgan fingerprint density at radius 2 is 2.21 bits per heavy atom. The molecule has 0 bridgehead atoms. The van der Waals surface area contributed by atoms with Gasteiger partial charge in [0, 0.05) is 13.2 Å².